The highest BCUT2D eigenvalue weighted by Crippen LogP contribution is 2.61. The Hall–Kier alpha value is -3.56. The number of aryl methyl sites for hydroxylation is 2. The number of non-ortho nitro benzene ring substituents is 1. The lowest BCUT2D eigenvalue weighted by molar-refractivity contribution is -0.384. The number of ketones is 1. The van der Waals surface area contributed by atoms with Gasteiger partial charge in [0.2, 0.25) is 5.91 Å². The van der Waals surface area contributed by atoms with E-state index >= 15 is 0 Å². The Morgan fingerprint density at radius 2 is 2.00 bits per heavy atom. The van der Waals surface area contributed by atoms with E-state index in [4.69, 9.17) is 0 Å². The van der Waals surface area contributed by atoms with E-state index in [9.17, 15) is 19.7 Å². The number of fused-ring (bicyclic) bond motifs is 4. The molecule has 182 valence electrons. The zero-order valence-corrected chi connectivity index (χ0v) is 20.6. The van der Waals surface area contributed by atoms with Crippen LogP contribution in [0.3, 0.4) is 0 Å². The van der Waals surface area contributed by atoms with Gasteiger partial charge in [-0.1, -0.05) is 29.8 Å². The van der Waals surface area contributed by atoms with Gasteiger partial charge in [-0.05, 0) is 37.1 Å². The number of amides is 1. The monoisotopic (exact) mass is 500 g/mol. The van der Waals surface area contributed by atoms with Gasteiger partial charge in [0, 0.05) is 64.9 Å². The number of anilines is 1. The van der Waals surface area contributed by atoms with Crippen molar-refractivity contribution in [3.8, 4) is 0 Å². The Labute approximate surface area is 212 Å². The highest BCUT2D eigenvalue weighted by molar-refractivity contribution is 7.99. The first kappa shape index (κ1) is 22.9. The maximum atomic E-state index is 14.4. The summed E-state index contributed by atoms with van der Waals surface area (Å²) in [6.45, 7) is 3.97. The lowest BCUT2D eigenvalue weighted by atomic mass is 9.69. The molecule has 3 aromatic rings. The maximum absolute atomic E-state index is 14.4. The number of carbonyl (C=O) groups excluding carboxylic acids is 2. The third kappa shape index (κ3) is 3.09. The molecule has 0 radical (unpaired) electrons. The van der Waals surface area contributed by atoms with Gasteiger partial charge in [0.15, 0.2) is 5.78 Å². The first-order chi connectivity index (χ1) is 17.3. The van der Waals surface area contributed by atoms with Gasteiger partial charge in [0.1, 0.15) is 5.54 Å². The molecule has 36 heavy (non-hydrogen) atoms. The van der Waals surface area contributed by atoms with Crippen LogP contribution in [-0.4, -0.2) is 44.2 Å². The smallest absolute Gasteiger partial charge is 0.269 e. The van der Waals surface area contributed by atoms with Gasteiger partial charge in [-0.15, -0.1) is 11.8 Å². The lowest BCUT2D eigenvalue weighted by Crippen LogP contribution is -2.52. The molecule has 9 heteroatoms. The summed E-state index contributed by atoms with van der Waals surface area (Å²) in [7, 11) is 0. The second kappa shape index (κ2) is 8.25. The Morgan fingerprint density at radius 3 is 2.69 bits per heavy atom. The van der Waals surface area contributed by atoms with Crippen LogP contribution in [0.5, 0.6) is 0 Å². The summed E-state index contributed by atoms with van der Waals surface area (Å²) < 4.78 is 0. The first-order valence-electron chi connectivity index (χ1n) is 11.8. The van der Waals surface area contributed by atoms with Crippen molar-refractivity contribution in [2.24, 2.45) is 5.92 Å². The molecule has 6 rings (SSSR count). The minimum absolute atomic E-state index is 0.00514. The zero-order chi connectivity index (χ0) is 25.2. The molecule has 2 fully saturated rings. The molecule has 1 spiro atoms. The SMILES string of the molecule is Cc1cc(C)c2c(c1)[C@]1(C(=O)N2)[C@@H](C(=O)c2cccnc2)[C@H](c2ccc([N+](=O)[O-])cc2)[C@H]2CSCN21. The number of hydrogen-bond acceptors (Lipinski definition) is 7. The fourth-order valence-electron chi connectivity index (χ4n) is 6.41. The molecule has 2 saturated heterocycles. The number of thioether (sulfide) groups is 1. The highest BCUT2D eigenvalue weighted by Gasteiger charge is 2.69. The van der Waals surface area contributed by atoms with Crippen molar-refractivity contribution < 1.29 is 14.5 Å². The van der Waals surface area contributed by atoms with Crippen LogP contribution < -0.4 is 5.32 Å². The van der Waals surface area contributed by atoms with Crippen LogP contribution in [0.15, 0.2) is 60.9 Å². The summed E-state index contributed by atoms with van der Waals surface area (Å²) in [5.74, 6) is -0.0146. The number of nitro groups is 1. The van der Waals surface area contributed by atoms with Crippen LogP contribution >= 0.6 is 11.8 Å². The largest absolute Gasteiger partial charge is 0.324 e. The zero-order valence-electron chi connectivity index (χ0n) is 19.8. The van der Waals surface area contributed by atoms with Crippen molar-refractivity contribution in [1.82, 2.24) is 9.88 Å². The topological polar surface area (TPSA) is 105 Å². The summed E-state index contributed by atoms with van der Waals surface area (Å²) >= 11 is 1.74. The van der Waals surface area contributed by atoms with Crippen LogP contribution in [0.1, 0.15) is 38.5 Å². The van der Waals surface area contributed by atoms with Crippen molar-refractivity contribution in [3.05, 3.63) is 98.9 Å². The first-order valence-corrected chi connectivity index (χ1v) is 13.0. The van der Waals surface area contributed by atoms with E-state index in [-0.39, 0.29) is 29.3 Å². The fraction of sp³-hybridized carbons (Fsp3) is 0.296. The predicted molar refractivity (Wildman–Crippen MR) is 137 cm³/mol. The molecule has 3 aliphatic rings. The molecule has 8 nitrogen and oxygen atoms in total. The molecule has 0 aliphatic carbocycles. The standard InChI is InChI=1S/C27H24N4O4S/c1-15-10-16(2)24-20(11-15)27(26(33)29-24)23(25(32)18-4-3-9-28-12-18)22(21-13-36-14-30(21)27)17-5-7-19(8-6-17)31(34)35/h3-12,21-23H,13-14H2,1-2H3,(H,29,33)/t21-,22-,23-,27-/m1/s1. The quantitative estimate of drug-likeness (QED) is 0.321. The molecule has 0 saturated carbocycles. The van der Waals surface area contributed by atoms with Crippen molar-refractivity contribution in [2.45, 2.75) is 31.3 Å². The van der Waals surface area contributed by atoms with Crippen LogP contribution in [0, 0.1) is 29.9 Å². The second-order valence-corrected chi connectivity index (χ2v) is 10.7. The number of aromatic nitrogens is 1. The van der Waals surface area contributed by atoms with Crippen LogP contribution in [0.4, 0.5) is 11.4 Å². The number of pyridine rings is 1. The predicted octanol–water partition coefficient (Wildman–Crippen LogP) is 4.43. The summed E-state index contributed by atoms with van der Waals surface area (Å²) in [6, 6.07) is 13.9. The Bertz CT molecular complexity index is 1410. The average molecular weight is 501 g/mol. The molecule has 4 heterocycles. The Morgan fingerprint density at radius 1 is 1.22 bits per heavy atom. The minimum Gasteiger partial charge on any atom is -0.324 e. The molecule has 1 N–H and O–H groups in total. The minimum atomic E-state index is -1.18. The number of Topliss-reactive ketones (excluding diaryl/α,β-unsaturated/α-hetero) is 1. The number of nitro benzene ring substituents is 1. The molecule has 1 aromatic heterocycles. The second-order valence-electron chi connectivity index (χ2n) is 9.72. The van der Waals surface area contributed by atoms with Crippen LogP contribution in [0.2, 0.25) is 0 Å². The van der Waals surface area contributed by atoms with Gasteiger partial charge in [-0.2, -0.15) is 0 Å². The van der Waals surface area contributed by atoms with Crippen molar-refractivity contribution in [2.75, 3.05) is 16.9 Å². The molecule has 0 unspecified atom stereocenters. The van der Waals surface area contributed by atoms with Crippen LogP contribution in [0.25, 0.3) is 0 Å². The summed E-state index contributed by atoms with van der Waals surface area (Å²) in [5, 5.41) is 14.4. The molecule has 2 aromatic carbocycles. The van der Waals surface area contributed by atoms with E-state index in [2.05, 4.69) is 15.2 Å². The van der Waals surface area contributed by atoms with E-state index in [1.807, 2.05) is 26.0 Å². The molecule has 3 aliphatic heterocycles. The van der Waals surface area contributed by atoms with Crippen molar-refractivity contribution in [1.29, 1.82) is 0 Å². The molecule has 0 bridgehead atoms. The third-order valence-electron chi connectivity index (χ3n) is 7.79. The van der Waals surface area contributed by atoms with Crippen molar-refractivity contribution in [3.63, 3.8) is 0 Å². The van der Waals surface area contributed by atoms with Gasteiger partial charge < -0.3 is 5.32 Å². The van der Waals surface area contributed by atoms with Gasteiger partial charge in [0.05, 0.1) is 10.8 Å². The average Bonchev–Trinajstić information content (AvgIpc) is 3.53. The van der Waals surface area contributed by atoms with E-state index in [1.165, 1.54) is 12.1 Å². The third-order valence-corrected chi connectivity index (χ3v) is 8.83. The fourth-order valence-corrected chi connectivity index (χ4v) is 7.74. The summed E-state index contributed by atoms with van der Waals surface area (Å²) in [6.07, 6.45) is 3.17. The summed E-state index contributed by atoms with van der Waals surface area (Å²) in [5.41, 5.74) is 3.69. The number of carbonyl (C=O) groups is 2. The van der Waals surface area contributed by atoms with Gasteiger partial charge in [0.25, 0.3) is 5.69 Å². The number of benzene rings is 2. The van der Waals surface area contributed by atoms with Gasteiger partial charge >= 0.3 is 0 Å². The Kier molecular flexibility index (Phi) is 5.24. The van der Waals surface area contributed by atoms with Crippen molar-refractivity contribution >= 4 is 34.8 Å². The Balaban J connectivity index is 1.62. The van der Waals surface area contributed by atoms with E-state index in [1.54, 1.807) is 48.4 Å². The van der Waals surface area contributed by atoms with Crippen LogP contribution in [-0.2, 0) is 10.3 Å². The lowest BCUT2D eigenvalue weighted by Gasteiger charge is -2.36. The molecule has 4 atom stereocenters. The van der Waals surface area contributed by atoms with Gasteiger partial charge in [-0.3, -0.25) is 29.6 Å². The van der Waals surface area contributed by atoms with Gasteiger partial charge in [-0.25, -0.2) is 0 Å². The number of nitrogens with zero attached hydrogens (tertiary/aromatic N) is 3. The summed E-state index contributed by atoms with van der Waals surface area (Å²) in [4.78, 5) is 45.7. The van der Waals surface area contributed by atoms with E-state index < -0.39 is 16.4 Å². The normalized spacial score (nSPS) is 26.6. The number of rotatable bonds is 4. The maximum Gasteiger partial charge on any atom is 0.269 e. The molecular weight excluding hydrogens is 476 g/mol. The van der Waals surface area contributed by atoms with E-state index in [0.717, 1.165) is 33.7 Å². The number of hydrogen-bond donors (Lipinski definition) is 1. The highest BCUT2D eigenvalue weighted by atomic mass is 32.2. The molecule has 1 amide bonds. The molecular formula is C27H24N4O4S. The van der Waals surface area contributed by atoms with E-state index in [0.29, 0.717) is 11.4 Å². The number of nitrogens with one attached hydrogen (secondary N) is 1.